The molecule has 3 nitrogen and oxygen atoms in total. The SMILES string of the molecule is CC(C)(C)OC(=O)c1ccc(-c2cccc(CO)c2)cc1. The Balaban J connectivity index is 2.20. The van der Waals surface area contributed by atoms with E-state index in [0.29, 0.717) is 5.56 Å². The van der Waals surface area contributed by atoms with Crippen LogP contribution < -0.4 is 0 Å². The average Bonchev–Trinajstić information content (AvgIpc) is 2.46. The fourth-order valence-electron chi connectivity index (χ4n) is 1.99. The van der Waals surface area contributed by atoms with Gasteiger partial charge in [0.05, 0.1) is 12.2 Å². The van der Waals surface area contributed by atoms with Gasteiger partial charge in [-0.2, -0.15) is 0 Å². The molecule has 0 saturated heterocycles. The zero-order valence-electron chi connectivity index (χ0n) is 12.6. The third-order valence-corrected chi connectivity index (χ3v) is 2.96. The maximum absolute atomic E-state index is 12.0. The summed E-state index contributed by atoms with van der Waals surface area (Å²) in [6.45, 7) is 5.56. The van der Waals surface area contributed by atoms with Crippen LogP contribution in [0, 0.1) is 0 Å². The third-order valence-electron chi connectivity index (χ3n) is 2.96. The number of hydrogen-bond acceptors (Lipinski definition) is 3. The Labute approximate surface area is 125 Å². The fraction of sp³-hybridized carbons (Fsp3) is 0.278. The Morgan fingerprint density at radius 1 is 1.05 bits per heavy atom. The molecule has 110 valence electrons. The summed E-state index contributed by atoms with van der Waals surface area (Å²) in [5, 5.41) is 9.17. The van der Waals surface area contributed by atoms with Crippen molar-refractivity contribution < 1.29 is 14.6 Å². The van der Waals surface area contributed by atoms with Crippen molar-refractivity contribution in [2.24, 2.45) is 0 Å². The lowest BCUT2D eigenvalue weighted by atomic mass is 10.0. The molecule has 0 unspecified atom stereocenters. The van der Waals surface area contributed by atoms with Crippen molar-refractivity contribution >= 4 is 5.97 Å². The smallest absolute Gasteiger partial charge is 0.338 e. The van der Waals surface area contributed by atoms with Crippen LogP contribution in [0.25, 0.3) is 11.1 Å². The van der Waals surface area contributed by atoms with E-state index in [2.05, 4.69) is 0 Å². The van der Waals surface area contributed by atoms with Crippen LogP contribution in [-0.2, 0) is 11.3 Å². The zero-order chi connectivity index (χ0) is 15.5. The minimum atomic E-state index is -0.495. The van der Waals surface area contributed by atoms with Gasteiger partial charge in [0.25, 0.3) is 0 Å². The molecule has 0 atom stereocenters. The van der Waals surface area contributed by atoms with Crippen LogP contribution in [-0.4, -0.2) is 16.7 Å². The van der Waals surface area contributed by atoms with Gasteiger partial charge in [0.15, 0.2) is 0 Å². The molecule has 0 spiro atoms. The normalized spacial score (nSPS) is 11.2. The maximum atomic E-state index is 12.0. The number of rotatable bonds is 3. The number of benzene rings is 2. The highest BCUT2D eigenvalue weighted by Crippen LogP contribution is 2.22. The summed E-state index contributed by atoms with van der Waals surface area (Å²) in [6.07, 6.45) is 0. The second-order valence-corrected chi connectivity index (χ2v) is 5.94. The summed E-state index contributed by atoms with van der Waals surface area (Å²) in [7, 11) is 0. The van der Waals surface area contributed by atoms with Crippen LogP contribution in [0.1, 0.15) is 36.7 Å². The molecule has 2 aromatic carbocycles. The van der Waals surface area contributed by atoms with Crippen molar-refractivity contribution in [2.45, 2.75) is 33.0 Å². The van der Waals surface area contributed by atoms with Crippen molar-refractivity contribution in [2.75, 3.05) is 0 Å². The molecule has 0 bridgehead atoms. The van der Waals surface area contributed by atoms with Crippen molar-refractivity contribution in [1.29, 1.82) is 0 Å². The van der Waals surface area contributed by atoms with Gasteiger partial charge in [-0.15, -0.1) is 0 Å². The number of aliphatic hydroxyl groups is 1. The molecule has 3 heteroatoms. The summed E-state index contributed by atoms with van der Waals surface area (Å²) in [5.41, 5.74) is 2.91. The number of aliphatic hydroxyl groups excluding tert-OH is 1. The molecule has 2 aromatic rings. The number of hydrogen-bond donors (Lipinski definition) is 1. The lowest BCUT2D eigenvalue weighted by Gasteiger charge is -2.19. The lowest BCUT2D eigenvalue weighted by Crippen LogP contribution is -2.23. The summed E-state index contributed by atoms with van der Waals surface area (Å²) >= 11 is 0. The molecule has 2 rings (SSSR count). The summed E-state index contributed by atoms with van der Waals surface area (Å²) in [6, 6.07) is 15.0. The monoisotopic (exact) mass is 284 g/mol. The van der Waals surface area contributed by atoms with Crippen LogP contribution >= 0.6 is 0 Å². The molecule has 0 aromatic heterocycles. The van der Waals surface area contributed by atoms with Crippen LogP contribution in [0.3, 0.4) is 0 Å². The summed E-state index contributed by atoms with van der Waals surface area (Å²) in [4.78, 5) is 12.0. The Morgan fingerprint density at radius 3 is 2.29 bits per heavy atom. The van der Waals surface area contributed by atoms with Gasteiger partial charge in [0.1, 0.15) is 5.60 Å². The van der Waals surface area contributed by atoms with Crippen molar-refractivity contribution in [3.8, 4) is 11.1 Å². The number of carbonyl (C=O) groups excluding carboxylic acids is 1. The molecule has 0 saturated carbocycles. The van der Waals surface area contributed by atoms with Gasteiger partial charge in [0.2, 0.25) is 0 Å². The Morgan fingerprint density at radius 2 is 1.71 bits per heavy atom. The first-order chi connectivity index (χ1) is 9.89. The minimum Gasteiger partial charge on any atom is -0.456 e. The summed E-state index contributed by atoms with van der Waals surface area (Å²) in [5.74, 6) is -0.321. The van der Waals surface area contributed by atoms with Crippen molar-refractivity contribution in [3.63, 3.8) is 0 Å². The predicted molar refractivity (Wildman–Crippen MR) is 83.0 cm³/mol. The molecule has 0 aliphatic rings. The Kier molecular flexibility index (Phi) is 4.43. The van der Waals surface area contributed by atoms with Gasteiger partial charge < -0.3 is 9.84 Å². The van der Waals surface area contributed by atoms with Gasteiger partial charge in [0, 0.05) is 0 Å². The second kappa shape index (κ2) is 6.10. The standard InChI is InChI=1S/C18H20O3/c1-18(2,3)21-17(20)15-9-7-14(8-10-15)16-6-4-5-13(11-16)12-19/h4-11,19H,12H2,1-3H3. The maximum Gasteiger partial charge on any atom is 0.338 e. The first-order valence-corrected chi connectivity index (χ1v) is 6.92. The molecular weight excluding hydrogens is 264 g/mol. The first kappa shape index (κ1) is 15.3. The average molecular weight is 284 g/mol. The van der Waals surface area contributed by atoms with E-state index in [1.165, 1.54) is 0 Å². The van der Waals surface area contributed by atoms with Gasteiger partial charge >= 0.3 is 5.97 Å². The van der Waals surface area contributed by atoms with Gasteiger partial charge in [-0.3, -0.25) is 0 Å². The number of carbonyl (C=O) groups is 1. The third kappa shape index (κ3) is 4.17. The Bertz CT molecular complexity index is 622. The van der Waals surface area contributed by atoms with E-state index in [0.717, 1.165) is 16.7 Å². The van der Waals surface area contributed by atoms with E-state index in [9.17, 15) is 9.90 Å². The van der Waals surface area contributed by atoms with E-state index < -0.39 is 5.60 Å². The van der Waals surface area contributed by atoms with E-state index in [1.54, 1.807) is 12.1 Å². The van der Waals surface area contributed by atoms with E-state index >= 15 is 0 Å². The summed E-state index contributed by atoms with van der Waals surface area (Å²) < 4.78 is 5.33. The van der Waals surface area contributed by atoms with Crippen molar-refractivity contribution in [1.82, 2.24) is 0 Å². The van der Waals surface area contributed by atoms with E-state index in [4.69, 9.17) is 4.74 Å². The number of esters is 1. The van der Waals surface area contributed by atoms with Crippen molar-refractivity contribution in [3.05, 3.63) is 59.7 Å². The highest BCUT2D eigenvalue weighted by molar-refractivity contribution is 5.90. The molecule has 0 fully saturated rings. The molecular formula is C18H20O3. The number of ether oxygens (including phenoxy) is 1. The highest BCUT2D eigenvalue weighted by Gasteiger charge is 2.17. The quantitative estimate of drug-likeness (QED) is 0.872. The van der Waals surface area contributed by atoms with Crippen LogP contribution in [0.5, 0.6) is 0 Å². The van der Waals surface area contributed by atoms with Crippen LogP contribution in [0.2, 0.25) is 0 Å². The molecule has 21 heavy (non-hydrogen) atoms. The van der Waals surface area contributed by atoms with Crippen LogP contribution in [0.15, 0.2) is 48.5 Å². The second-order valence-electron chi connectivity index (χ2n) is 5.94. The molecule has 0 aliphatic heterocycles. The fourth-order valence-corrected chi connectivity index (χ4v) is 1.99. The highest BCUT2D eigenvalue weighted by atomic mass is 16.6. The lowest BCUT2D eigenvalue weighted by molar-refractivity contribution is 0.00696. The first-order valence-electron chi connectivity index (χ1n) is 6.92. The predicted octanol–water partition coefficient (Wildman–Crippen LogP) is 3.80. The van der Waals surface area contributed by atoms with E-state index in [-0.39, 0.29) is 12.6 Å². The topological polar surface area (TPSA) is 46.5 Å². The van der Waals surface area contributed by atoms with Gasteiger partial charge in [-0.1, -0.05) is 30.3 Å². The van der Waals surface area contributed by atoms with Crippen LogP contribution in [0.4, 0.5) is 0 Å². The zero-order valence-corrected chi connectivity index (χ0v) is 12.6. The van der Waals surface area contributed by atoms with Gasteiger partial charge in [-0.05, 0) is 55.7 Å². The molecule has 0 heterocycles. The minimum absolute atomic E-state index is 0.0177. The Hall–Kier alpha value is -2.13. The molecule has 0 aliphatic carbocycles. The molecule has 0 amide bonds. The molecule has 1 N–H and O–H groups in total. The molecule has 0 radical (unpaired) electrons. The van der Waals surface area contributed by atoms with E-state index in [1.807, 2.05) is 57.2 Å². The van der Waals surface area contributed by atoms with Gasteiger partial charge in [-0.25, -0.2) is 4.79 Å². The largest absolute Gasteiger partial charge is 0.456 e.